The number of piperidine rings is 1. The van der Waals surface area contributed by atoms with Crippen LogP contribution in [0.5, 0.6) is 17.2 Å². The van der Waals surface area contributed by atoms with Gasteiger partial charge in [0.25, 0.3) is 5.91 Å². The monoisotopic (exact) mass is 574 g/mol. The van der Waals surface area contributed by atoms with Gasteiger partial charge in [0, 0.05) is 37.3 Å². The molecule has 1 saturated heterocycles. The Morgan fingerprint density at radius 3 is 2.25 bits per heavy atom. The highest BCUT2D eigenvalue weighted by Crippen LogP contribution is 2.30. The number of hydrogen-bond donors (Lipinski definition) is 2. The van der Waals surface area contributed by atoms with E-state index in [1.807, 2.05) is 30.9 Å². The van der Waals surface area contributed by atoms with E-state index < -0.39 is 0 Å². The Kier molecular flexibility index (Phi) is 13.6. The van der Waals surface area contributed by atoms with E-state index in [1.165, 1.54) is 0 Å². The maximum atomic E-state index is 13.2. The van der Waals surface area contributed by atoms with E-state index in [2.05, 4.69) is 0 Å². The quantitative estimate of drug-likeness (QED) is 0.191. The standard InChI is InChI=1S/C30H42N4O5.ClH/c1-4-33(5-2)30(36)24-10-9-17-34(21-24)29(35)23-13-16-26(27(20-23)37-3)39-19-8-6-7-18-38-25-14-11-22(12-15-25)28(31)32;/h11-16,20,24H,4-10,17-19,21H2,1-3H3,(H3,31,32);1H. The summed E-state index contributed by atoms with van der Waals surface area (Å²) in [7, 11) is 1.57. The van der Waals surface area contributed by atoms with Crippen LogP contribution in [0.3, 0.4) is 0 Å². The molecule has 3 N–H and O–H groups in total. The highest BCUT2D eigenvalue weighted by Gasteiger charge is 2.31. The van der Waals surface area contributed by atoms with Gasteiger partial charge in [0.1, 0.15) is 11.6 Å². The molecule has 0 radical (unpaired) electrons. The molecule has 9 nitrogen and oxygen atoms in total. The largest absolute Gasteiger partial charge is 0.494 e. The van der Waals surface area contributed by atoms with Crippen molar-refractivity contribution in [2.24, 2.45) is 11.7 Å². The number of methoxy groups -OCH3 is 1. The fourth-order valence-corrected chi connectivity index (χ4v) is 4.74. The maximum Gasteiger partial charge on any atom is 0.254 e. The van der Waals surface area contributed by atoms with Gasteiger partial charge in [-0.05, 0) is 88.4 Å². The first-order valence-corrected chi connectivity index (χ1v) is 13.8. The number of amides is 2. The van der Waals surface area contributed by atoms with Gasteiger partial charge < -0.3 is 29.7 Å². The number of halogens is 1. The molecule has 0 saturated carbocycles. The Hall–Kier alpha value is -3.46. The van der Waals surface area contributed by atoms with E-state index in [0.29, 0.717) is 62.0 Å². The van der Waals surface area contributed by atoms with Crippen LogP contribution >= 0.6 is 12.4 Å². The number of nitrogen functional groups attached to an aromatic ring is 1. The molecular formula is C30H43ClN4O5. The Morgan fingerprint density at radius 1 is 0.975 bits per heavy atom. The second-order valence-corrected chi connectivity index (χ2v) is 9.66. The summed E-state index contributed by atoms with van der Waals surface area (Å²) in [6.45, 7) is 7.55. The molecule has 1 unspecified atom stereocenters. The maximum absolute atomic E-state index is 13.2. The van der Waals surface area contributed by atoms with Crippen LogP contribution in [0.25, 0.3) is 0 Å². The highest BCUT2D eigenvalue weighted by atomic mass is 35.5. The van der Waals surface area contributed by atoms with Gasteiger partial charge >= 0.3 is 0 Å². The predicted octanol–water partition coefficient (Wildman–Crippen LogP) is 4.75. The van der Waals surface area contributed by atoms with E-state index in [4.69, 9.17) is 25.4 Å². The Balaban J connectivity index is 0.00000560. The first-order chi connectivity index (χ1) is 18.9. The predicted molar refractivity (Wildman–Crippen MR) is 159 cm³/mol. The second-order valence-electron chi connectivity index (χ2n) is 9.66. The third-order valence-corrected chi connectivity index (χ3v) is 7.02. The lowest BCUT2D eigenvalue weighted by molar-refractivity contribution is -0.136. The molecule has 1 fully saturated rings. The first-order valence-electron chi connectivity index (χ1n) is 13.8. The van der Waals surface area contributed by atoms with Crippen molar-refractivity contribution < 1.29 is 23.8 Å². The molecule has 0 spiro atoms. The van der Waals surface area contributed by atoms with Gasteiger partial charge in [-0.1, -0.05) is 0 Å². The zero-order valence-electron chi connectivity index (χ0n) is 23.8. The van der Waals surface area contributed by atoms with Crippen molar-refractivity contribution in [1.82, 2.24) is 9.80 Å². The number of hydrogen-bond acceptors (Lipinski definition) is 6. The summed E-state index contributed by atoms with van der Waals surface area (Å²) in [5, 5.41) is 7.43. The number of nitrogens with one attached hydrogen (secondary N) is 1. The molecule has 2 aromatic carbocycles. The molecule has 2 amide bonds. The van der Waals surface area contributed by atoms with E-state index in [9.17, 15) is 9.59 Å². The van der Waals surface area contributed by atoms with Crippen LogP contribution in [-0.4, -0.2) is 74.0 Å². The summed E-state index contributed by atoms with van der Waals surface area (Å²) in [5.41, 5.74) is 6.67. The molecular weight excluding hydrogens is 532 g/mol. The number of likely N-dealkylation sites (tertiary alicyclic amines) is 1. The molecule has 10 heteroatoms. The van der Waals surface area contributed by atoms with Gasteiger partial charge in [0.15, 0.2) is 11.5 Å². The van der Waals surface area contributed by atoms with Gasteiger partial charge in [-0.15, -0.1) is 12.4 Å². The van der Waals surface area contributed by atoms with Crippen LogP contribution in [0.4, 0.5) is 0 Å². The number of ether oxygens (including phenoxy) is 3. The van der Waals surface area contributed by atoms with E-state index in [-0.39, 0.29) is 36.0 Å². The second kappa shape index (κ2) is 16.6. The zero-order chi connectivity index (χ0) is 28.2. The van der Waals surface area contributed by atoms with Crippen molar-refractivity contribution in [3.8, 4) is 17.2 Å². The lowest BCUT2D eigenvalue weighted by Crippen LogP contribution is -2.46. The van der Waals surface area contributed by atoms with Crippen molar-refractivity contribution in [3.63, 3.8) is 0 Å². The molecule has 40 heavy (non-hydrogen) atoms. The highest BCUT2D eigenvalue weighted by molar-refractivity contribution is 5.95. The fraction of sp³-hybridized carbons (Fsp3) is 0.500. The van der Waals surface area contributed by atoms with Gasteiger partial charge in [0.2, 0.25) is 5.91 Å². The van der Waals surface area contributed by atoms with E-state index in [0.717, 1.165) is 37.9 Å². The number of rotatable bonds is 14. The topological polar surface area (TPSA) is 118 Å². The summed E-state index contributed by atoms with van der Waals surface area (Å²) in [4.78, 5) is 29.7. The normalized spacial score (nSPS) is 14.6. The van der Waals surface area contributed by atoms with E-state index >= 15 is 0 Å². The lowest BCUT2D eigenvalue weighted by atomic mass is 9.95. The molecule has 220 valence electrons. The van der Waals surface area contributed by atoms with Crippen LogP contribution in [0.15, 0.2) is 42.5 Å². The van der Waals surface area contributed by atoms with E-state index in [1.54, 1.807) is 42.3 Å². The zero-order valence-corrected chi connectivity index (χ0v) is 24.6. The first kappa shape index (κ1) is 32.8. The van der Waals surface area contributed by atoms with Crippen molar-refractivity contribution >= 4 is 30.1 Å². The van der Waals surface area contributed by atoms with Crippen LogP contribution < -0.4 is 19.9 Å². The number of carbonyl (C=O) groups excluding carboxylic acids is 2. The third kappa shape index (κ3) is 9.05. The van der Waals surface area contributed by atoms with Crippen LogP contribution in [0.1, 0.15) is 61.9 Å². The number of carbonyl (C=O) groups is 2. The number of benzene rings is 2. The minimum atomic E-state index is -0.148. The smallest absolute Gasteiger partial charge is 0.254 e. The van der Waals surface area contributed by atoms with Crippen molar-refractivity contribution in [2.75, 3.05) is 46.5 Å². The summed E-state index contributed by atoms with van der Waals surface area (Å²) in [6, 6.07) is 12.4. The summed E-state index contributed by atoms with van der Waals surface area (Å²) in [6.07, 6.45) is 4.31. The summed E-state index contributed by atoms with van der Waals surface area (Å²) in [5.74, 6) is 1.81. The minimum Gasteiger partial charge on any atom is -0.494 e. The Morgan fingerprint density at radius 2 is 1.62 bits per heavy atom. The number of nitrogens with zero attached hydrogens (tertiary/aromatic N) is 2. The van der Waals surface area contributed by atoms with Gasteiger partial charge in [0.05, 0.1) is 26.2 Å². The minimum absolute atomic E-state index is 0. The molecule has 1 aliphatic rings. The average molecular weight is 575 g/mol. The molecule has 0 aliphatic carbocycles. The molecule has 0 bridgehead atoms. The third-order valence-electron chi connectivity index (χ3n) is 7.02. The number of nitrogens with two attached hydrogens (primary N) is 1. The Labute approximate surface area is 243 Å². The molecule has 3 rings (SSSR count). The summed E-state index contributed by atoms with van der Waals surface area (Å²) >= 11 is 0. The lowest BCUT2D eigenvalue weighted by Gasteiger charge is -2.34. The molecule has 2 aromatic rings. The molecule has 1 atom stereocenters. The van der Waals surface area contributed by atoms with Gasteiger partial charge in [-0.3, -0.25) is 15.0 Å². The van der Waals surface area contributed by atoms with Crippen molar-refractivity contribution in [1.29, 1.82) is 5.41 Å². The SMILES string of the molecule is CCN(CC)C(=O)C1CCCN(C(=O)c2ccc(OCCCCCOc3ccc(C(=N)N)cc3)c(OC)c2)C1.Cl. The Bertz CT molecular complexity index is 1110. The van der Waals surface area contributed by atoms with Gasteiger partial charge in [-0.25, -0.2) is 0 Å². The van der Waals surface area contributed by atoms with Gasteiger partial charge in [-0.2, -0.15) is 0 Å². The number of amidine groups is 1. The molecule has 0 aromatic heterocycles. The molecule has 1 heterocycles. The van der Waals surface area contributed by atoms with Crippen LogP contribution in [0.2, 0.25) is 0 Å². The number of unbranched alkanes of at least 4 members (excludes halogenated alkanes) is 2. The average Bonchev–Trinajstić information content (AvgIpc) is 2.97. The van der Waals surface area contributed by atoms with Crippen LogP contribution in [0, 0.1) is 11.3 Å². The fourth-order valence-electron chi connectivity index (χ4n) is 4.74. The molecule has 1 aliphatic heterocycles. The summed E-state index contributed by atoms with van der Waals surface area (Å²) < 4.78 is 17.2. The van der Waals surface area contributed by atoms with Crippen molar-refractivity contribution in [3.05, 3.63) is 53.6 Å². The van der Waals surface area contributed by atoms with Crippen molar-refractivity contribution in [2.45, 2.75) is 46.0 Å². The van der Waals surface area contributed by atoms with Crippen LogP contribution in [-0.2, 0) is 4.79 Å².